The molecule has 0 aliphatic carbocycles. The van der Waals surface area contributed by atoms with Crippen LogP contribution in [0.5, 0.6) is 0 Å². The predicted octanol–water partition coefficient (Wildman–Crippen LogP) is 2.02. The minimum Gasteiger partial charge on any atom is -0.398 e. The zero-order valence-corrected chi connectivity index (χ0v) is 11.8. The summed E-state index contributed by atoms with van der Waals surface area (Å²) >= 11 is 3.54. The van der Waals surface area contributed by atoms with Crippen molar-refractivity contribution in [3.05, 3.63) is 28.2 Å². The molecule has 0 saturated carbocycles. The second-order valence-corrected chi connectivity index (χ2v) is 5.20. The van der Waals surface area contributed by atoms with E-state index in [1.54, 1.807) is 0 Å². The Balaban J connectivity index is 2.59. The Morgan fingerprint density at radius 3 is 2.44 bits per heavy atom. The first-order valence-corrected chi connectivity index (χ1v) is 6.16. The van der Waals surface area contributed by atoms with Crippen LogP contribution in [0.1, 0.15) is 5.56 Å². The van der Waals surface area contributed by atoms with Crippen LogP contribution >= 0.6 is 15.9 Å². The molecule has 0 unspecified atom stereocenters. The monoisotopic (exact) mass is 285 g/mol. The molecule has 16 heavy (non-hydrogen) atoms. The first-order valence-electron chi connectivity index (χ1n) is 5.37. The average molecular weight is 286 g/mol. The molecular weight excluding hydrogens is 266 g/mol. The number of halogens is 1. The third-order valence-electron chi connectivity index (χ3n) is 2.51. The van der Waals surface area contributed by atoms with E-state index in [0.717, 1.165) is 29.8 Å². The van der Waals surface area contributed by atoms with E-state index in [0.29, 0.717) is 0 Å². The maximum atomic E-state index is 5.96. The molecule has 1 aromatic carbocycles. The minimum absolute atomic E-state index is 0.853. The zero-order chi connectivity index (χ0) is 12.1. The van der Waals surface area contributed by atoms with E-state index >= 15 is 0 Å². The van der Waals surface area contributed by atoms with Crippen LogP contribution in [0.3, 0.4) is 0 Å². The minimum atomic E-state index is 0.853. The number of likely N-dealkylation sites (N-methyl/N-ethyl adjacent to an activating group) is 2. The highest BCUT2D eigenvalue weighted by atomic mass is 79.9. The number of nitrogens with two attached hydrogens (primary N) is 1. The number of nitrogen functional groups attached to an aromatic ring is 1. The molecule has 0 atom stereocenters. The largest absolute Gasteiger partial charge is 0.398 e. The Labute approximate surface area is 106 Å². The third-order valence-corrected chi connectivity index (χ3v) is 3.26. The van der Waals surface area contributed by atoms with E-state index in [1.807, 2.05) is 18.2 Å². The van der Waals surface area contributed by atoms with Crippen molar-refractivity contribution in [2.45, 2.75) is 6.54 Å². The van der Waals surface area contributed by atoms with Crippen molar-refractivity contribution in [2.24, 2.45) is 0 Å². The van der Waals surface area contributed by atoms with E-state index in [1.165, 1.54) is 5.56 Å². The molecule has 3 nitrogen and oxygen atoms in total. The molecular formula is C12H20BrN3. The van der Waals surface area contributed by atoms with Crippen molar-refractivity contribution in [3.63, 3.8) is 0 Å². The fraction of sp³-hybridized carbons (Fsp3) is 0.500. The summed E-state index contributed by atoms with van der Waals surface area (Å²) in [6, 6.07) is 5.94. The third kappa shape index (κ3) is 4.12. The highest BCUT2D eigenvalue weighted by Crippen LogP contribution is 2.23. The maximum absolute atomic E-state index is 5.96. The summed E-state index contributed by atoms with van der Waals surface area (Å²) in [6.45, 7) is 2.97. The Kier molecular flexibility index (Phi) is 5.25. The van der Waals surface area contributed by atoms with Gasteiger partial charge in [-0.15, -0.1) is 0 Å². The Bertz CT molecular complexity index is 319. The number of benzene rings is 1. The van der Waals surface area contributed by atoms with Crippen molar-refractivity contribution < 1.29 is 0 Å². The molecule has 0 aliphatic rings. The smallest absolute Gasteiger partial charge is 0.0371 e. The summed E-state index contributed by atoms with van der Waals surface area (Å²) in [5.74, 6) is 0. The van der Waals surface area contributed by atoms with Crippen molar-refractivity contribution >= 4 is 21.6 Å². The Morgan fingerprint density at radius 2 is 1.88 bits per heavy atom. The van der Waals surface area contributed by atoms with Gasteiger partial charge in [0.15, 0.2) is 0 Å². The number of rotatable bonds is 5. The molecule has 0 saturated heterocycles. The summed E-state index contributed by atoms with van der Waals surface area (Å²) in [5, 5.41) is 0. The lowest BCUT2D eigenvalue weighted by atomic mass is 10.2. The van der Waals surface area contributed by atoms with E-state index in [4.69, 9.17) is 5.73 Å². The van der Waals surface area contributed by atoms with Crippen molar-refractivity contribution in [1.29, 1.82) is 0 Å². The maximum Gasteiger partial charge on any atom is 0.0371 e. The molecule has 0 radical (unpaired) electrons. The number of nitrogens with zero attached hydrogens (tertiary/aromatic N) is 2. The molecule has 0 fully saturated rings. The lowest BCUT2D eigenvalue weighted by Gasteiger charge is -2.20. The van der Waals surface area contributed by atoms with Gasteiger partial charge in [-0.1, -0.05) is 22.0 Å². The van der Waals surface area contributed by atoms with Gasteiger partial charge in [-0.2, -0.15) is 0 Å². The molecule has 0 aromatic heterocycles. The number of hydrogen-bond acceptors (Lipinski definition) is 3. The van der Waals surface area contributed by atoms with Gasteiger partial charge < -0.3 is 15.5 Å². The first-order chi connectivity index (χ1) is 7.50. The fourth-order valence-electron chi connectivity index (χ4n) is 1.46. The topological polar surface area (TPSA) is 32.5 Å². The molecule has 0 bridgehead atoms. The highest BCUT2D eigenvalue weighted by Gasteiger charge is 2.07. The Hall–Kier alpha value is -0.580. The van der Waals surface area contributed by atoms with E-state index < -0.39 is 0 Å². The van der Waals surface area contributed by atoms with Crippen LogP contribution in [0.25, 0.3) is 0 Å². The van der Waals surface area contributed by atoms with Gasteiger partial charge in [0, 0.05) is 35.4 Å². The fourth-order valence-corrected chi connectivity index (χ4v) is 1.97. The summed E-state index contributed by atoms with van der Waals surface area (Å²) in [4.78, 5) is 4.45. The van der Waals surface area contributed by atoms with E-state index in [2.05, 4.69) is 46.9 Å². The highest BCUT2D eigenvalue weighted by molar-refractivity contribution is 9.10. The molecule has 1 aromatic rings. The van der Waals surface area contributed by atoms with Crippen LogP contribution in [0, 0.1) is 0 Å². The van der Waals surface area contributed by atoms with Gasteiger partial charge in [0.1, 0.15) is 0 Å². The van der Waals surface area contributed by atoms with Gasteiger partial charge in [-0.3, -0.25) is 0 Å². The van der Waals surface area contributed by atoms with Crippen molar-refractivity contribution in [3.8, 4) is 0 Å². The normalized spacial score (nSPS) is 11.4. The van der Waals surface area contributed by atoms with Crippen LogP contribution in [-0.4, -0.2) is 44.0 Å². The molecule has 0 heterocycles. The van der Waals surface area contributed by atoms with Crippen LogP contribution in [0.2, 0.25) is 0 Å². The lowest BCUT2D eigenvalue weighted by molar-refractivity contribution is 0.276. The van der Waals surface area contributed by atoms with Gasteiger partial charge in [-0.05, 0) is 33.3 Å². The number of anilines is 1. The molecule has 4 heteroatoms. The molecule has 0 amide bonds. The van der Waals surface area contributed by atoms with Crippen molar-refractivity contribution in [2.75, 3.05) is 40.0 Å². The summed E-state index contributed by atoms with van der Waals surface area (Å²) in [5.41, 5.74) is 7.98. The van der Waals surface area contributed by atoms with Gasteiger partial charge in [-0.25, -0.2) is 0 Å². The molecule has 0 spiro atoms. The lowest BCUT2D eigenvalue weighted by Crippen LogP contribution is -2.28. The van der Waals surface area contributed by atoms with Crippen LogP contribution in [0.4, 0.5) is 5.69 Å². The number of hydrogen-bond donors (Lipinski definition) is 1. The van der Waals surface area contributed by atoms with Gasteiger partial charge in [0.25, 0.3) is 0 Å². The van der Waals surface area contributed by atoms with Crippen LogP contribution in [-0.2, 0) is 6.54 Å². The summed E-state index contributed by atoms with van der Waals surface area (Å²) < 4.78 is 1.09. The van der Waals surface area contributed by atoms with Crippen LogP contribution in [0.15, 0.2) is 22.7 Å². The molecule has 2 N–H and O–H groups in total. The first kappa shape index (κ1) is 13.5. The second-order valence-electron chi connectivity index (χ2n) is 4.35. The van der Waals surface area contributed by atoms with Gasteiger partial charge in [0.2, 0.25) is 0 Å². The Morgan fingerprint density at radius 1 is 1.19 bits per heavy atom. The van der Waals surface area contributed by atoms with Gasteiger partial charge >= 0.3 is 0 Å². The SMILES string of the molecule is CN(C)CCN(C)Cc1c(N)cccc1Br. The zero-order valence-electron chi connectivity index (χ0n) is 10.2. The molecule has 0 aliphatic heterocycles. The van der Waals surface area contributed by atoms with E-state index in [9.17, 15) is 0 Å². The average Bonchev–Trinajstić information content (AvgIpc) is 2.21. The summed E-state index contributed by atoms with van der Waals surface area (Å²) in [7, 11) is 6.28. The van der Waals surface area contributed by atoms with Gasteiger partial charge in [0.05, 0.1) is 0 Å². The standard InChI is InChI=1S/C12H20BrN3/c1-15(2)7-8-16(3)9-10-11(13)5-4-6-12(10)14/h4-6H,7-9,14H2,1-3H3. The molecule has 1 rings (SSSR count). The summed E-state index contributed by atoms with van der Waals surface area (Å²) in [6.07, 6.45) is 0. The second kappa shape index (κ2) is 6.23. The quantitative estimate of drug-likeness (QED) is 0.841. The van der Waals surface area contributed by atoms with E-state index in [-0.39, 0.29) is 0 Å². The van der Waals surface area contributed by atoms with Crippen LogP contribution < -0.4 is 5.73 Å². The van der Waals surface area contributed by atoms with Crippen molar-refractivity contribution in [1.82, 2.24) is 9.80 Å². The predicted molar refractivity (Wildman–Crippen MR) is 73.4 cm³/mol. The molecule has 90 valence electrons.